The van der Waals surface area contributed by atoms with Crippen LogP contribution < -0.4 is 10.1 Å². The molecule has 0 radical (unpaired) electrons. The number of halogens is 1. The molecule has 1 aromatic carbocycles. The maximum absolute atomic E-state index is 11.9. The van der Waals surface area contributed by atoms with Gasteiger partial charge in [0.2, 0.25) is 0 Å². The van der Waals surface area contributed by atoms with Gasteiger partial charge in [-0.2, -0.15) is 0 Å². The number of hydrogen-bond acceptors (Lipinski definition) is 4. The van der Waals surface area contributed by atoms with Crippen LogP contribution in [0.5, 0.6) is 5.75 Å². The molecule has 0 bridgehead atoms. The molecular formula is C16H22ClNO4. The Kier molecular flexibility index (Phi) is 7.18. The molecule has 0 heterocycles. The SMILES string of the molecule is COC(=O)[C@H](CC(C)C)NC(=O)COc1ccc(Cl)cc1C. The lowest BCUT2D eigenvalue weighted by Crippen LogP contribution is -2.44. The lowest BCUT2D eigenvalue weighted by atomic mass is 10.0. The summed E-state index contributed by atoms with van der Waals surface area (Å²) in [6.45, 7) is 5.61. The highest BCUT2D eigenvalue weighted by Gasteiger charge is 2.22. The van der Waals surface area contributed by atoms with Crippen molar-refractivity contribution in [2.24, 2.45) is 5.92 Å². The van der Waals surface area contributed by atoms with Crippen molar-refractivity contribution in [3.8, 4) is 5.75 Å². The summed E-state index contributed by atoms with van der Waals surface area (Å²) in [7, 11) is 1.30. The monoisotopic (exact) mass is 327 g/mol. The van der Waals surface area contributed by atoms with Crippen LogP contribution in [-0.2, 0) is 14.3 Å². The molecule has 22 heavy (non-hydrogen) atoms. The Morgan fingerprint density at radius 1 is 1.32 bits per heavy atom. The van der Waals surface area contributed by atoms with Crippen molar-refractivity contribution in [2.45, 2.75) is 33.2 Å². The third-order valence-corrected chi connectivity index (χ3v) is 3.26. The fourth-order valence-electron chi connectivity index (χ4n) is 1.98. The van der Waals surface area contributed by atoms with Gasteiger partial charge in [-0.05, 0) is 43.0 Å². The number of carbonyl (C=O) groups excluding carboxylic acids is 2. The van der Waals surface area contributed by atoms with Gasteiger partial charge in [0.25, 0.3) is 5.91 Å². The van der Waals surface area contributed by atoms with Gasteiger partial charge in [0.05, 0.1) is 7.11 Å². The molecule has 0 saturated heterocycles. The molecule has 122 valence electrons. The predicted molar refractivity (Wildman–Crippen MR) is 85.1 cm³/mol. The van der Waals surface area contributed by atoms with Crippen LogP contribution in [-0.4, -0.2) is 31.6 Å². The summed E-state index contributed by atoms with van der Waals surface area (Å²) in [4.78, 5) is 23.6. The zero-order valence-corrected chi connectivity index (χ0v) is 14.1. The lowest BCUT2D eigenvalue weighted by Gasteiger charge is -2.18. The summed E-state index contributed by atoms with van der Waals surface area (Å²) in [6.07, 6.45) is 0.512. The Bertz CT molecular complexity index is 531. The molecule has 5 nitrogen and oxygen atoms in total. The quantitative estimate of drug-likeness (QED) is 0.782. The van der Waals surface area contributed by atoms with Crippen molar-refractivity contribution in [3.05, 3.63) is 28.8 Å². The Hall–Kier alpha value is -1.75. The predicted octanol–water partition coefficient (Wildman–Crippen LogP) is 2.73. The molecule has 0 spiro atoms. The van der Waals surface area contributed by atoms with E-state index in [1.165, 1.54) is 7.11 Å². The van der Waals surface area contributed by atoms with Crippen molar-refractivity contribution >= 4 is 23.5 Å². The van der Waals surface area contributed by atoms with E-state index in [9.17, 15) is 9.59 Å². The molecule has 1 atom stereocenters. The molecule has 1 rings (SSSR count). The van der Waals surface area contributed by atoms with E-state index in [1.54, 1.807) is 18.2 Å². The average molecular weight is 328 g/mol. The molecule has 0 aliphatic carbocycles. The van der Waals surface area contributed by atoms with Crippen LogP contribution >= 0.6 is 11.6 Å². The first kappa shape index (κ1) is 18.3. The standard InChI is InChI=1S/C16H22ClNO4/c1-10(2)7-13(16(20)21-4)18-15(19)9-22-14-6-5-12(17)8-11(14)3/h5-6,8,10,13H,7,9H2,1-4H3,(H,18,19)/t13-/m0/s1. The van der Waals surface area contributed by atoms with E-state index in [1.807, 2.05) is 20.8 Å². The summed E-state index contributed by atoms with van der Waals surface area (Å²) in [5.41, 5.74) is 0.840. The van der Waals surface area contributed by atoms with Gasteiger partial charge in [0, 0.05) is 5.02 Å². The van der Waals surface area contributed by atoms with Gasteiger partial charge in [0.15, 0.2) is 6.61 Å². The summed E-state index contributed by atoms with van der Waals surface area (Å²) in [5.74, 6) is 0.0111. The van der Waals surface area contributed by atoms with E-state index in [4.69, 9.17) is 21.1 Å². The minimum atomic E-state index is -0.660. The largest absolute Gasteiger partial charge is 0.484 e. The van der Waals surface area contributed by atoms with Crippen LogP contribution in [0, 0.1) is 12.8 Å². The van der Waals surface area contributed by atoms with Crippen LogP contribution in [0.2, 0.25) is 5.02 Å². The zero-order chi connectivity index (χ0) is 16.7. The average Bonchev–Trinajstić information content (AvgIpc) is 2.44. The normalized spacial score (nSPS) is 11.9. The van der Waals surface area contributed by atoms with Crippen molar-refractivity contribution in [1.82, 2.24) is 5.32 Å². The van der Waals surface area contributed by atoms with Gasteiger partial charge in [-0.15, -0.1) is 0 Å². The molecule has 6 heteroatoms. The molecular weight excluding hydrogens is 306 g/mol. The Labute approximate surface area is 135 Å². The molecule has 0 fully saturated rings. The van der Waals surface area contributed by atoms with E-state index < -0.39 is 12.0 Å². The van der Waals surface area contributed by atoms with Crippen LogP contribution in [0.4, 0.5) is 0 Å². The van der Waals surface area contributed by atoms with Crippen molar-refractivity contribution < 1.29 is 19.1 Å². The summed E-state index contributed by atoms with van der Waals surface area (Å²) < 4.78 is 10.2. The number of rotatable bonds is 7. The number of amides is 1. The van der Waals surface area contributed by atoms with Crippen LogP contribution in [0.1, 0.15) is 25.8 Å². The highest BCUT2D eigenvalue weighted by molar-refractivity contribution is 6.30. The van der Waals surface area contributed by atoms with Gasteiger partial charge < -0.3 is 14.8 Å². The molecule has 0 aliphatic heterocycles. The molecule has 0 aromatic heterocycles. The molecule has 1 aromatic rings. The maximum Gasteiger partial charge on any atom is 0.328 e. The summed E-state index contributed by atoms with van der Waals surface area (Å²) in [6, 6.07) is 4.49. The van der Waals surface area contributed by atoms with E-state index in [-0.39, 0.29) is 18.4 Å². The minimum absolute atomic E-state index is 0.173. The fourth-order valence-corrected chi connectivity index (χ4v) is 2.21. The zero-order valence-electron chi connectivity index (χ0n) is 13.3. The molecule has 0 aliphatic rings. The van der Waals surface area contributed by atoms with E-state index in [0.717, 1.165) is 5.56 Å². The number of ether oxygens (including phenoxy) is 2. The number of aryl methyl sites for hydroxylation is 1. The third-order valence-electron chi connectivity index (χ3n) is 3.02. The van der Waals surface area contributed by atoms with Crippen molar-refractivity contribution in [2.75, 3.05) is 13.7 Å². The Balaban J connectivity index is 2.58. The van der Waals surface area contributed by atoms with Crippen LogP contribution in [0.15, 0.2) is 18.2 Å². The third kappa shape index (κ3) is 5.93. The topological polar surface area (TPSA) is 64.6 Å². The van der Waals surface area contributed by atoms with Gasteiger partial charge in [-0.1, -0.05) is 25.4 Å². The van der Waals surface area contributed by atoms with Gasteiger partial charge in [-0.3, -0.25) is 4.79 Å². The van der Waals surface area contributed by atoms with Crippen molar-refractivity contribution in [3.63, 3.8) is 0 Å². The number of hydrogen-bond donors (Lipinski definition) is 1. The molecule has 0 unspecified atom stereocenters. The smallest absolute Gasteiger partial charge is 0.328 e. The lowest BCUT2D eigenvalue weighted by molar-refractivity contribution is -0.145. The molecule has 1 amide bonds. The highest BCUT2D eigenvalue weighted by Crippen LogP contribution is 2.21. The minimum Gasteiger partial charge on any atom is -0.484 e. The van der Waals surface area contributed by atoms with Crippen LogP contribution in [0.25, 0.3) is 0 Å². The molecule has 1 N–H and O–H groups in total. The Morgan fingerprint density at radius 2 is 2.00 bits per heavy atom. The fraction of sp³-hybridized carbons (Fsp3) is 0.500. The maximum atomic E-state index is 11.9. The summed E-state index contributed by atoms with van der Waals surface area (Å²) in [5, 5.41) is 3.24. The summed E-state index contributed by atoms with van der Waals surface area (Å²) >= 11 is 5.86. The van der Waals surface area contributed by atoms with E-state index in [2.05, 4.69) is 5.32 Å². The van der Waals surface area contributed by atoms with Crippen LogP contribution in [0.3, 0.4) is 0 Å². The number of esters is 1. The second-order valence-electron chi connectivity index (χ2n) is 5.47. The highest BCUT2D eigenvalue weighted by atomic mass is 35.5. The molecule has 0 saturated carbocycles. The van der Waals surface area contributed by atoms with Gasteiger partial charge in [-0.25, -0.2) is 4.79 Å². The van der Waals surface area contributed by atoms with E-state index in [0.29, 0.717) is 17.2 Å². The first-order valence-electron chi connectivity index (χ1n) is 7.09. The van der Waals surface area contributed by atoms with Gasteiger partial charge >= 0.3 is 5.97 Å². The second kappa shape index (κ2) is 8.63. The number of benzene rings is 1. The van der Waals surface area contributed by atoms with Crippen molar-refractivity contribution in [1.29, 1.82) is 0 Å². The first-order chi connectivity index (χ1) is 10.3. The van der Waals surface area contributed by atoms with E-state index >= 15 is 0 Å². The number of methoxy groups -OCH3 is 1. The first-order valence-corrected chi connectivity index (χ1v) is 7.47. The van der Waals surface area contributed by atoms with Gasteiger partial charge in [0.1, 0.15) is 11.8 Å². The number of carbonyl (C=O) groups is 2. The number of nitrogens with one attached hydrogen (secondary N) is 1. The Morgan fingerprint density at radius 3 is 2.55 bits per heavy atom. The second-order valence-corrected chi connectivity index (χ2v) is 5.91.